The van der Waals surface area contributed by atoms with Gasteiger partial charge in [-0.3, -0.25) is 14.4 Å². The summed E-state index contributed by atoms with van der Waals surface area (Å²) < 4.78 is 12.1. The van der Waals surface area contributed by atoms with Crippen molar-refractivity contribution in [2.45, 2.75) is 109 Å². The van der Waals surface area contributed by atoms with Crippen molar-refractivity contribution in [2.24, 2.45) is 17.3 Å². The zero-order valence-electron chi connectivity index (χ0n) is 24.2. The molecule has 3 saturated heterocycles. The zero-order valence-corrected chi connectivity index (χ0v) is 24.2. The molecule has 0 aliphatic carbocycles. The number of hydrogen-bond donors (Lipinski definition) is 1. The fraction of sp³-hybridized carbons (Fsp3) is 0.767. The minimum atomic E-state index is -1.12. The second-order valence-corrected chi connectivity index (χ2v) is 12.9. The number of ether oxygens (including phenoxy) is 2. The van der Waals surface area contributed by atoms with E-state index in [1.54, 1.807) is 17.1 Å². The molecule has 2 unspecified atom stereocenters. The number of amides is 2. The van der Waals surface area contributed by atoms with E-state index in [1.807, 2.05) is 20.8 Å². The summed E-state index contributed by atoms with van der Waals surface area (Å²) in [6, 6.07) is -1.49. The van der Waals surface area contributed by atoms with Crippen molar-refractivity contribution in [3.05, 3.63) is 25.3 Å². The van der Waals surface area contributed by atoms with Crippen molar-refractivity contribution >= 4 is 17.8 Å². The third-order valence-corrected chi connectivity index (χ3v) is 8.39. The van der Waals surface area contributed by atoms with Crippen LogP contribution in [0.5, 0.6) is 0 Å². The molecule has 3 aliphatic rings. The van der Waals surface area contributed by atoms with Gasteiger partial charge in [0.1, 0.15) is 11.6 Å². The van der Waals surface area contributed by atoms with E-state index in [-0.39, 0.29) is 30.4 Å². The molecule has 3 aliphatic heterocycles. The van der Waals surface area contributed by atoms with E-state index in [1.165, 1.54) is 4.90 Å². The number of aliphatic hydroxyl groups is 1. The van der Waals surface area contributed by atoms with Crippen molar-refractivity contribution in [2.75, 3.05) is 19.8 Å². The lowest BCUT2D eigenvalue weighted by Gasteiger charge is -2.46. The number of nitrogens with zero attached hydrogens (tertiary/aromatic N) is 2. The van der Waals surface area contributed by atoms with Crippen LogP contribution >= 0.6 is 0 Å². The molecule has 1 N–H and O–H groups in total. The fourth-order valence-electron chi connectivity index (χ4n) is 7.25. The molecule has 8 heteroatoms. The first kappa shape index (κ1) is 30.4. The summed E-state index contributed by atoms with van der Waals surface area (Å²) in [5, 5.41) is 10.3. The highest BCUT2D eigenvalue weighted by molar-refractivity contribution is 5.98. The molecule has 6 atom stereocenters. The molecule has 214 valence electrons. The molecular formula is C30H48N2O6. The van der Waals surface area contributed by atoms with E-state index in [0.717, 1.165) is 12.8 Å². The Morgan fingerprint density at radius 3 is 2.50 bits per heavy atom. The van der Waals surface area contributed by atoms with Crippen LogP contribution in [0.2, 0.25) is 0 Å². The minimum Gasteiger partial charge on any atom is -0.465 e. The Kier molecular flexibility index (Phi) is 9.19. The molecule has 0 aromatic rings. The fourth-order valence-corrected chi connectivity index (χ4v) is 7.25. The van der Waals surface area contributed by atoms with Gasteiger partial charge in [0.2, 0.25) is 11.8 Å². The van der Waals surface area contributed by atoms with Crippen LogP contribution in [0, 0.1) is 17.3 Å². The van der Waals surface area contributed by atoms with Crippen LogP contribution in [-0.4, -0.2) is 81.8 Å². The Bertz CT molecular complexity index is 920. The van der Waals surface area contributed by atoms with Crippen LogP contribution in [-0.2, 0) is 23.9 Å². The Morgan fingerprint density at radius 1 is 1.26 bits per heavy atom. The van der Waals surface area contributed by atoms with Crippen molar-refractivity contribution in [1.29, 1.82) is 0 Å². The number of allylic oxidation sites excluding steroid dienone is 1. The summed E-state index contributed by atoms with van der Waals surface area (Å²) in [4.78, 5) is 45.3. The predicted octanol–water partition coefficient (Wildman–Crippen LogP) is 3.87. The average molecular weight is 533 g/mol. The van der Waals surface area contributed by atoms with Crippen LogP contribution in [0.15, 0.2) is 25.3 Å². The number of rotatable bonds is 13. The van der Waals surface area contributed by atoms with Gasteiger partial charge in [-0.1, -0.05) is 39.8 Å². The van der Waals surface area contributed by atoms with Crippen LogP contribution in [0.3, 0.4) is 0 Å². The van der Waals surface area contributed by atoms with E-state index in [4.69, 9.17) is 9.47 Å². The Hall–Kier alpha value is -2.19. The van der Waals surface area contributed by atoms with Gasteiger partial charge < -0.3 is 24.4 Å². The van der Waals surface area contributed by atoms with E-state index in [0.29, 0.717) is 32.2 Å². The number of likely N-dealkylation sites (tertiary alicyclic amines) is 1. The third-order valence-electron chi connectivity index (χ3n) is 8.39. The Balaban J connectivity index is 2.04. The standard InChI is InChI=1S/C30H48N2O6/c1-9-12-13-17-37-27(36)22-21-14-15-30(38-21)23(22)25(34)32(20(11-3)18-33)24(30)26(35)31(16-10-2)29(7,8)19-28(4,5)6/h9-10,20-24,33H,1-2,11-19H2,3-8H3/t20-,21-,22+,23-,24?,30?/m0/s1. The number of aliphatic hydroxyl groups excluding tert-OH is 1. The highest BCUT2D eigenvalue weighted by Gasteiger charge is 2.75. The first-order valence-corrected chi connectivity index (χ1v) is 14.1. The summed E-state index contributed by atoms with van der Waals surface area (Å²) in [6.45, 7) is 20.2. The highest BCUT2D eigenvalue weighted by atomic mass is 16.6. The van der Waals surface area contributed by atoms with Crippen molar-refractivity contribution < 1.29 is 29.0 Å². The van der Waals surface area contributed by atoms with E-state index < -0.39 is 47.1 Å². The number of carbonyl (C=O) groups is 3. The number of unbranched alkanes of at least 4 members (excludes halogenated alkanes) is 1. The van der Waals surface area contributed by atoms with Gasteiger partial charge in [0.05, 0.1) is 37.2 Å². The molecule has 3 rings (SSSR count). The van der Waals surface area contributed by atoms with E-state index in [2.05, 4.69) is 33.9 Å². The van der Waals surface area contributed by atoms with E-state index >= 15 is 0 Å². The predicted molar refractivity (Wildman–Crippen MR) is 146 cm³/mol. The SMILES string of the molecule is C=CCCCOC(=O)[C@@H]1[C@@H]2CCC3(O2)C(C(=O)N(CC=C)C(C)(C)CC(C)(C)C)N([C@@H](CC)CO)C(=O)[C@H]13. The lowest BCUT2D eigenvalue weighted by molar-refractivity contribution is -0.158. The quantitative estimate of drug-likeness (QED) is 0.220. The maximum atomic E-state index is 14.6. The first-order valence-electron chi connectivity index (χ1n) is 14.1. The maximum Gasteiger partial charge on any atom is 0.312 e. The van der Waals surface area contributed by atoms with Crippen LogP contribution in [0.25, 0.3) is 0 Å². The normalized spacial score (nSPS) is 29.2. The molecule has 0 aromatic heterocycles. The third kappa shape index (κ3) is 5.44. The van der Waals surface area contributed by atoms with Crippen molar-refractivity contribution in [3.63, 3.8) is 0 Å². The van der Waals surface area contributed by atoms with Crippen molar-refractivity contribution in [3.8, 4) is 0 Å². The number of carbonyl (C=O) groups excluding carboxylic acids is 3. The Morgan fingerprint density at radius 2 is 1.95 bits per heavy atom. The second kappa shape index (κ2) is 11.5. The molecule has 3 heterocycles. The molecule has 3 fully saturated rings. The molecule has 0 radical (unpaired) electrons. The zero-order chi connectivity index (χ0) is 28.5. The summed E-state index contributed by atoms with van der Waals surface area (Å²) in [5.74, 6) is -2.53. The molecule has 38 heavy (non-hydrogen) atoms. The molecular weight excluding hydrogens is 484 g/mol. The lowest BCUT2D eigenvalue weighted by atomic mass is 9.70. The summed E-state index contributed by atoms with van der Waals surface area (Å²) in [5.41, 5.74) is -1.70. The second-order valence-electron chi connectivity index (χ2n) is 12.9. The topological polar surface area (TPSA) is 96.4 Å². The van der Waals surface area contributed by atoms with Gasteiger partial charge >= 0.3 is 5.97 Å². The van der Waals surface area contributed by atoms with E-state index in [9.17, 15) is 19.5 Å². The molecule has 0 saturated carbocycles. The number of fused-ring (bicyclic) bond motifs is 1. The van der Waals surface area contributed by atoms with Gasteiger partial charge in [0, 0.05) is 12.1 Å². The lowest BCUT2D eigenvalue weighted by Crippen LogP contribution is -2.62. The van der Waals surface area contributed by atoms with Crippen LogP contribution in [0.1, 0.15) is 80.1 Å². The molecule has 0 aromatic carbocycles. The smallest absolute Gasteiger partial charge is 0.312 e. The number of esters is 1. The maximum absolute atomic E-state index is 14.6. The number of hydrogen-bond acceptors (Lipinski definition) is 6. The monoisotopic (exact) mass is 532 g/mol. The van der Waals surface area contributed by atoms with Crippen LogP contribution in [0.4, 0.5) is 0 Å². The molecule has 2 amide bonds. The van der Waals surface area contributed by atoms with Gasteiger partial charge in [-0.05, 0) is 57.8 Å². The Labute approximate surface area is 228 Å². The molecule has 8 nitrogen and oxygen atoms in total. The minimum absolute atomic E-state index is 0.0466. The van der Waals surface area contributed by atoms with Crippen LogP contribution < -0.4 is 0 Å². The van der Waals surface area contributed by atoms with Gasteiger partial charge in [-0.2, -0.15) is 0 Å². The summed E-state index contributed by atoms with van der Waals surface area (Å²) in [7, 11) is 0. The summed E-state index contributed by atoms with van der Waals surface area (Å²) in [6.07, 6.45) is 6.70. The van der Waals surface area contributed by atoms with Gasteiger partial charge in [0.15, 0.2) is 0 Å². The van der Waals surface area contributed by atoms with Gasteiger partial charge in [-0.25, -0.2) is 0 Å². The van der Waals surface area contributed by atoms with Crippen molar-refractivity contribution in [1.82, 2.24) is 9.80 Å². The van der Waals surface area contributed by atoms with Gasteiger partial charge in [0.25, 0.3) is 0 Å². The largest absolute Gasteiger partial charge is 0.465 e. The highest BCUT2D eigenvalue weighted by Crippen LogP contribution is 2.59. The summed E-state index contributed by atoms with van der Waals surface area (Å²) >= 11 is 0. The molecule has 2 bridgehead atoms. The average Bonchev–Trinajstić information content (AvgIpc) is 3.47. The molecule has 1 spiro atoms. The van der Waals surface area contributed by atoms with Gasteiger partial charge in [-0.15, -0.1) is 13.2 Å². The first-order chi connectivity index (χ1) is 17.8.